The zero-order chi connectivity index (χ0) is 10.8. The molecule has 2 rings (SSSR count). The van der Waals surface area contributed by atoms with E-state index in [1.807, 2.05) is 13.0 Å². The maximum atomic E-state index is 13.5. The molecule has 0 aliphatic rings. The lowest BCUT2D eigenvalue weighted by Crippen LogP contribution is -1.83. The smallest absolute Gasteiger partial charge is 0.209 e. The van der Waals surface area contributed by atoms with Crippen LogP contribution in [0.25, 0.3) is 11.3 Å². The van der Waals surface area contributed by atoms with Gasteiger partial charge in [0.2, 0.25) is 5.89 Å². The molecule has 0 spiro atoms. The molecule has 0 unspecified atom stereocenters. The van der Waals surface area contributed by atoms with Crippen LogP contribution in [0.1, 0.15) is 11.5 Å². The number of nitrogens with zero attached hydrogens (tertiary/aromatic N) is 1. The first-order valence-electron chi connectivity index (χ1n) is 4.48. The standard InChI is InChI=1S/C11H9ClFNO/c1-7-2-3-8(9(13)4-7)10-6-14-11(5-12)15-10/h2-4,6H,5H2,1H3. The predicted molar refractivity (Wildman–Crippen MR) is 56.2 cm³/mol. The number of aromatic nitrogens is 1. The molecule has 0 saturated heterocycles. The van der Waals surface area contributed by atoms with Crippen LogP contribution < -0.4 is 0 Å². The number of hydrogen-bond acceptors (Lipinski definition) is 2. The van der Waals surface area contributed by atoms with Crippen molar-refractivity contribution in [3.63, 3.8) is 0 Å². The first-order valence-corrected chi connectivity index (χ1v) is 5.01. The van der Waals surface area contributed by atoms with E-state index in [1.54, 1.807) is 6.07 Å². The third-order valence-corrected chi connectivity index (χ3v) is 2.29. The number of benzene rings is 1. The third kappa shape index (κ3) is 2.02. The van der Waals surface area contributed by atoms with Gasteiger partial charge in [-0.25, -0.2) is 9.37 Å². The highest BCUT2D eigenvalue weighted by molar-refractivity contribution is 6.16. The van der Waals surface area contributed by atoms with Crippen molar-refractivity contribution < 1.29 is 8.81 Å². The molecule has 0 saturated carbocycles. The van der Waals surface area contributed by atoms with Crippen LogP contribution in [0.3, 0.4) is 0 Å². The van der Waals surface area contributed by atoms with Gasteiger partial charge < -0.3 is 4.42 Å². The van der Waals surface area contributed by atoms with Crippen molar-refractivity contribution >= 4 is 11.6 Å². The highest BCUT2D eigenvalue weighted by Crippen LogP contribution is 2.24. The fraction of sp³-hybridized carbons (Fsp3) is 0.182. The number of oxazole rings is 1. The average Bonchev–Trinajstić information content (AvgIpc) is 2.66. The molecule has 1 heterocycles. The van der Waals surface area contributed by atoms with Gasteiger partial charge >= 0.3 is 0 Å². The Balaban J connectivity index is 2.44. The summed E-state index contributed by atoms with van der Waals surface area (Å²) in [6.07, 6.45) is 1.48. The summed E-state index contributed by atoms with van der Waals surface area (Å²) in [4.78, 5) is 3.91. The molecular weight excluding hydrogens is 217 g/mol. The van der Waals surface area contributed by atoms with E-state index < -0.39 is 0 Å². The van der Waals surface area contributed by atoms with E-state index in [2.05, 4.69) is 4.98 Å². The topological polar surface area (TPSA) is 26.0 Å². The Morgan fingerprint density at radius 1 is 1.47 bits per heavy atom. The van der Waals surface area contributed by atoms with Crippen LogP contribution in [0.15, 0.2) is 28.8 Å². The molecule has 0 aliphatic carbocycles. The maximum Gasteiger partial charge on any atom is 0.209 e. The highest BCUT2D eigenvalue weighted by atomic mass is 35.5. The van der Waals surface area contributed by atoms with Gasteiger partial charge in [-0.1, -0.05) is 6.07 Å². The molecule has 78 valence electrons. The van der Waals surface area contributed by atoms with E-state index in [1.165, 1.54) is 12.3 Å². The van der Waals surface area contributed by atoms with Gasteiger partial charge in [0.25, 0.3) is 0 Å². The largest absolute Gasteiger partial charge is 0.439 e. The van der Waals surface area contributed by atoms with Crippen LogP contribution in [0.5, 0.6) is 0 Å². The molecule has 15 heavy (non-hydrogen) atoms. The van der Waals surface area contributed by atoms with Crippen molar-refractivity contribution in [2.75, 3.05) is 0 Å². The predicted octanol–water partition coefficient (Wildman–Crippen LogP) is 3.53. The number of hydrogen-bond donors (Lipinski definition) is 0. The lowest BCUT2D eigenvalue weighted by atomic mass is 10.1. The second-order valence-electron chi connectivity index (χ2n) is 3.24. The molecule has 0 bridgehead atoms. The summed E-state index contributed by atoms with van der Waals surface area (Å²) in [5, 5.41) is 0. The van der Waals surface area contributed by atoms with Gasteiger partial charge in [-0.15, -0.1) is 11.6 Å². The molecule has 0 fully saturated rings. The van der Waals surface area contributed by atoms with Gasteiger partial charge in [-0.2, -0.15) is 0 Å². The molecule has 2 aromatic rings. The van der Waals surface area contributed by atoms with Crippen LogP contribution in [-0.2, 0) is 5.88 Å². The molecule has 0 N–H and O–H groups in total. The minimum atomic E-state index is -0.313. The van der Waals surface area contributed by atoms with Crippen LogP contribution in [0.4, 0.5) is 4.39 Å². The van der Waals surface area contributed by atoms with E-state index in [9.17, 15) is 4.39 Å². The summed E-state index contributed by atoms with van der Waals surface area (Å²) in [6, 6.07) is 4.95. The molecule has 2 nitrogen and oxygen atoms in total. The Bertz CT molecular complexity index is 481. The van der Waals surface area contributed by atoms with Gasteiger partial charge in [0, 0.05) is 0 Å². The highest BCUT2D eigenvalue weighted by Gasteiger charge is 2.10. The number of rotatable bonds is 2. The second-order valence-corrected chi connectivity index (χ2v) is 3.50. The van der Waals surface area contributed by atoms with E-state index in [0.29, 0.717) is 17.2 Å². The molecule has 4 heteroatoms. The zero-order valence-corrected chi connectivity index (χ0v) is 8.88. The molecular formula is C11H9ClFNO. The first kappa shape index (κ1) is 10.2. The van der Waals surface area contributed by atoms with E-state index in [4.69, 9.17) is 16.0 Å². The average molecular weight is 226 g/mol. The van der Waals surface area contributed by atoms with E-state index in [-0.39, 0.29) is 11.7 Å². The minimum Gasteiger partial charge on any atom is -0.439 e. The Kier molecular flexibility index (Phi) is 2.73. The summed E-state index contributed by atoms with van der Waals surface area (Å²) >= 11 is 5.54. The van der Waals surface area contributed by atoms with Gasteiger partial charge in [0.05, 0.1) is 17.6 Å². The molecule has 1 aromatic heterocycles. The molecule has 0 amide bonds. The normalized spacial score (nSPS) is 10.6. The first-order chi connectivity index (χ1) is 7.20. The summed E-state index contributed by atoms with van der Waals surface area (Å²) in [5.74, 6) is 0.676. The van der Waals surface area contributed by atoms with Crippen molar-refractivity contribution in [3.8, 4) is 11.3 Å². The maximum absolute atomic E-state index is 13.5. The molecule has 0 atom stereocenters. The Morgan fingerprint density at radius 3 is 2.87 bits per heavy atom. The van der Waals surface area contributed by atoms with Crippen molar-refractivity contribution in [2.24, 2.45) is 0 Å². The van der Waals surface area contributed by atoms with Gasteiger partial charge in [0.15, 0.2) is 5.76 Å². The van der Waals surface area contributed by atoms with E-state index in [0.717, 1.165) is 5.56 Å². The quantitative estimate of drug-likeness (QED) is 0.731. The zero-order valence-electron chi connectivity index (χ0n) is 8.13. The SMILES string of the molecule is Cc1ccc(-c2cnc(CCl)o2)c(F)c1. The fourth-order valence-corrected chi connectivity index (χ4v) is 1.44. The van der Waals surface area contributed by atoms with Crippen molar-refractivity contribution in [1.82, 2.24) is 4.98 Å². The van der Waals surface area contributed by atoms with Gasteiger partial charge in [-0.05, 0) is 24.6 Å². The van der Waals surface area contributed by atoms with Gasteiger partial charge in [-0.3, -0.25) is 0 Å². The number of halogens is 2. The van der Waals surface area contributed by atoms with Crippen LogP contribution in [0.2, 0.25) is 0 Å². The minimum absolute atomic E-state index is 0.188. The van der Waals surface area contributed by atoms with Crippen LogP contribution >= 0.6 is 11.6 Å². The Hall–Kier alpha value is -1.35. The molecule has 0 radical (unpaired) electrons. The number of alkyl halides is 1. The lowest BCUT2D eigenvalue weighted by Gasteiger charge is -1.99. The third-order valence-electron chi connectivity index (χ3n) is 2.06. The molecule has 1 aromatic carbocycles. The Labute approximate surface area is 91.7 Å². The number of aryl methyl sites for hydroxylation is 1. The lowest BCUT2D eigenvalue weighted by molar-refractivity contribution is 0.523. The monoisotopic (exact) mass is 225 g/mol. The summed E-state index contributed by atoms with van der Waals surface area (Å²) in [6.45, 7) is 1.83. The van der Waals surface area contributed by atoms with E-state index >= 15 is 0 Å². The van der Waals surface area contributed by atoms with Crippen molar-refractivity contribution in [2.45, 2.75) is 12.8 Å². The fourth-order valence-electron chi connectivity index (χ4n) is 1.32. The molecule has 0 aliphatic heterocycles. The van der Waals surface area contributed by atoms with Crippen LogP contribution in [0, 0.1) is 12.7 Å². The summed E-state index contributed by atoms with van der Waals surface area (Å²) in [7, 11) is 0. The Morgan fingerprint density at radius 2 is 2.27 bits per heavy atom. The summed E-state index contributed by atoms with van der Waals surface area (Å²) in [5.41, 5.74) is 1.28. The summed E-state index contributed by atoms with van der Waals surface area (Å²) < 4.78 is 18.8. The van der Waals surface area contributed by atoms with Crippen molar-refractivity contribution in [1.29, 1.82) is 0 Å². The second kappa shape index (κ2) is 4.03. The van der Waals surface area contributed by atoms with Crippen molar-refractivity contribution in [3.05, 3.63) is 41.7 Å². The van der Waals surface area contributed by atoms with Crippen LogP contribution in [-0.4, -0.2) is 4.98 Å². The van der Waals surface area contributed by atoms with Gasteiger partial charge in [0.1, 0.15) is 5.82 Å².